The highest BCUT2D eigenvalue weighted by atomic mass is 16.7. The van der Waals surface area contributed by atoms with Crippen LogP contribution in [0.2, 0.25) is 0 Å². The lowest BCUT2D eigenvalue weighted by Gasteiger charge is -2.58. The largest absolute Gasteiger partial charge is 0.497 e. The van der Waals surface area contributed by atoms with E-state index in [1.807, 2.05) is 5.92 Å². The second-order valence-electron chi connectivity index (χ2n) is 7.62. The van der Waals surface area contributed by atoms with Gasteiger partial charge in [-0.3, -0.25) is 14.4 Å². The number of aliphatic hydroxyl groups is 4. The second-order valence-corrected chi connectivity index (χ2v) is 7.62. The Bertz CT molecular complexity index is 935. The smallest absolute Gasteiger partial charge is 0.239 e. The van der Waals surface area contributed by atoms with Crippen molar-refractivity contribution in [3.8, 4) is 23.8 Å². The molecule has 32 heavy (non-hydrogen) atoms. The van der Waals surface area contributed by atoms with E-state index >= 15 is 0 Å². The highest BCUT2D eigenvalue weighted by Crippen LogP contribution is 2.49. The Kier molecular flexibility index (Phi) is 7.14. The Balaban J connectivity index is 2.75. The molecule has 0 saturated carbocycles. The number of carbonyl (C=O) groups is 3. The Morgan fingerprint density at radius 3 is 1.97 bits per heavy atom. The predicted molar refractivity (Wildman–Crippen MR) is 109 cm³/mol. The Hall–Kier alpha value is -2.81. The fraction of sp³-hybridized carbons (Fsp3) is 0.500. The molecule has 0 spiro atoms. The van der Waals surface area contributed by atoms with E-state index in [0.29, 0.717) is 5.75 Å². The van der Waals surface area contributed by atoms with Gasteiger partial charge in [-0.25, -0.2) is 0 Å². The number of benzene rings is 1. The molecule has 0 radical (unpaired) electrons. The maximum atomic E-state index is 12.6. The minimum atomic E-state index is -3.15. The third kappa shape index (κ3) is 3.68. The summed E-state index contributed by atoms with van der Waals surface area (Å²) in [5, 5.41) is 44.6. The molecule has 4 N–H and O–H groups in total. The van der Waals surface area contributed by atoms with Crippen molar-refractivity contribution < 1.29 is 49.0 Å². The van der Waals surface area contributed by atoms with Crippen molar-refractivity contribution in [3.05, 3.63) is 24.3 Å². The topological polar surface area (TPSA) is 160 Å². The lowest BCUT2D eigenvalue weighted by Crippen LogP contribution is -2.85. The summed E-state index contributed by atoms with van der Waals surface area (Å²) >= 11 is 0. The molecule has 0 bridgehead atoms. The lowest BCUT2D eigenvalue weighted by atomic mass is 9.60. The van der Waals surface area contributed by atoms with Crippen LogP contribution in [0.5, 0.6) is 11.5 Å². The summed E-state index contributed by atoms with van der Waals surface area (Å²) in [5.74, 6) is -0.767. The molecule has 2 rings (SSSR count). The number of hydrogen-bond acceptors (Lipinski definition) is 10. The molecule has 1 unspecified atom stereocenters. The highest BCUT2D eigenvalue weighted by molar-refractivity contribution is 5.95. The molecular weight excluding hydrogens is 424 g/mol. The molecular formula is C22H26O10. The zero-order chi connectivity index (χ0) is 24.5. The summed E-state index contributed by atoms with van der Waals surface area (Å²) < 4.78 is 16.1. The van der Waals surface area contributed by atoms with Crippen LogP contribution >= 0.6 is 0 Å². The first kappa shape index (κ1) is 25.5. The van der Waals surface area contributed by atoms with E-state index in [4.69, 9.17) is 20.6 Å². The fourth-order valence-electron chi connectivity index (χ4n) is 3.82. The van der Waals surface area contributed by atoms with Gasteiger partial charge in [0.25, 0.3) is 0 Å². The van der Waals surface area contributed by atoms with Gasteiger partial charge in [-0.15, -0.1) is 12.3 Å². The van der Waals surface area contributed by atoms with E-state index in [-0.39, 0.29) is 5.75 Å². The number of ketones is 3. The summed E-state index contributed by atoms with van der Waals surface area (Å²) in [7, 11) is 1.44. The third-order valence-corrected chi connectivity index (χ3v) is 5.72. The maximum absolute atomic E-state index is 12.6. The molecule has 6 atom stereocenters. The minimum absolute atomic E-state index is 0.0304. The first-order valence-electron chi connectivity index (χ1n) is 9.58. The van der Waals surface area contributed by atoms with Gasteiger partial charge in [0.1, 0.15) is 23.7 Å². The van der Waals surface area contributed by atoms with Gasteiger partial charge in [-0.1, -0.05) is 0 Å². The lowest BCUT2D eigenvalue weighted by molar-refractivity contribution is -0.368. The molecule has 1 heterocycles. The predicted octanol–water partition coefficient (Wildman–Crippen LogP) is -0.857. The number of Topliss-reactive ketones (excluding diaryl/α,β-unsaturated/α-hetero) is 3. The number of hydrogen-bond donors (Lipinski definition) is 4. The van der Waals surface area contributed by atoms with Crippen molar-refractivity contribution in [2.24, 2.45) is 0 Å². The summed E-state index contributed by atoms with van der Waals surface area (Å²) in [6.45, 7) is 2.66. The molecule has 0 amide bonds. The number of aliphatic hydroxyl groups excluding tert-OH is 1. The van der Waals surface area contributed by atoms with Crippen LogP contribution in [0.3, 0.4) is 0 Å². The van der Waals surface area contributed by atoms with E-state index in [1.54, 1.807) is 0 Å². The second kappa shape index (κ2) is 8.97. The van der Waals surface area contributed by atoms with Crippen LogP contribution in [0.1, 0.15) is 27.2 Å². The summed E-state index contributed by atoms with van der Waals surface area (Å²) in [6.07, 6.45) is -1.94. The average molecular weight is 450 g/mol. The van der Waals surface area contributed by atoms with Gasteiger partial charge in [-0.2, -0.15) is 0 Å². The number of ether oxygens (including phenoxy) is 3. The maximum Gasteiger partial charge on any atom is 0.239 e. The molecule has 1 fully saturated rings. The van der Waals surface area contributed by atoms with Crippen LogP contribution in [-0.2, 0) is 19.1 Å². The van der Waals surface area contributed by atoms with Gasteiger partial charge < -0.3 is 34.6 Å². The van der Waals surface area contributed by atoms with E-state index in [1.165, 1.54) is 31.4 Å². The zero-order valence-corrected chi connectivity index (χ0v) is 18.1. The van der Waals surface area contributed by atoms with Crippen LogP contribution in [0.25, 0.3) is 0 Å². The van der Waals surface area contributed by atoms with E-state index in [9.17, 15) is 34.8 Å². The number of carbonyl (C=O) groups excluding carboxylic acids is 3. The summed E-state index contributed by atoms with van der Waals surface area (Å²) in [6, 6.07) is 5.77. The number of methoxy groups -OCH3 is 1. The molecule has 1 aromatic rings. The SMILES string of the molecule is C#CC[C@@]1(O)[C@](O)(C(C)=O)[C@@H](Oc2ccc(OC)cc2)O[C@H](C(O)C(C)=O)[C@@]1(O)C(C)=O. The first-order chi connectivity index (χ1) is 14.8. The molecule has 1 aliphatic rings. The Labute approximate surface area is 184 Å². The minimum Gasteiger partial charge on any atom is -0.497 e. The number of terminal acetylenes is 1. The molecule has 1 aromatic carbocycles. The van der Waals surface area contributed by atoms with Crippen molar-refractivity contribution in [2.45, 2.75) is 62.5 Å². The summed E-state index contributed by atoms with van der Waals surface area (Å²) in [4.78, 5) is 37.1. The van der Waals surface area contributed by atoms with Crippen molar-refractivity contribution in [1.82, 2.24) is 0 Å². The van der Waals surface area contributed by atoms with Crippen LogP contribution in [-0.4, -0.2) is 80.2 Å². The fourth-order valence-corrected chi connectivity index (χ4v) is 3.82. The normalized spacial score (nSPS) is 33.0. The summed E-state index contributed by atoms with van der Waals surface area (Å²) in [5.41, 5.74) is -9.32. The standard InChI is InChI=1S/C22H26O10/c1-6-11-20(27)21(28,13(3)24)18(17(26)12(2)23)32-19(22(20,29)14(4)25)31-16-9-7-15(30-5)8-10-16/h1,7-10,17-19,26-29H,11H2,2-5H3/t17?,18-,19+,20+,21+,22+/m1/s1. The molecule has 1 saturated heterocycles. The molecule has 174 valence electrons. The van der Waals surface area contributed by atoms with Crippen molar-refractivity contribution >= 4 is 17.3 Å². The van der Waals surface area contributed by atoms with Gasteiger partial charge >= 0.3 is 0 Å². The molecule has 10 heteroatoms. The molecule has 0 aromatic heterocycles. The quantitative estimate of drug-likeness (QED) is 0.367. The highest BCUT2D eigenvalue weighted by Gasteiger charge is 2.77. The van der Waals surface area contributed by atoms with E-state index < -0.39 is 59.1 Å². The third-order valence-electron chi connectivity index (χ3n) is 5.72. The van der Waals surface area contributed by atoms with Crippen molar-refractivity contribution in [1.29, 1.82) is 0 Å². The van der Waals surface area contributed by atoms with Crippen molar-refractivity contribution in [2.75, 3.05) is 7.11 Å². The van der Waals surface area contributed by atoms with Gasteiger partial charge in [0.05, 0.1) is 7.11 Å². The van der Waals surface area contributed by atoms with Crippen LogP contribution in [0, 0.1) is 12.3 Å². The molecule has 0 aliphatic carbocycles. The Morgan fingerprint density at radius 1 is 1.06 bits per heavy atom. The van der Waals surface area contributed by atoms with E-state index in [0.717, 1.165) is 20.8 Å². The van der Waals surface area contributed by atoms with Crippen LogP contribution < -0.4 is 9.47 Å². The number of rotatable bonds is 8. The van der Waals surface area contributed by atoms with Crippen LogP contribution in [0.15, 0.2) is 24.3 Å². The van der Waals surface area contributed by atoms with Crippen molar-refractivity contribution in [3.63, 3.8) is 0 Å². The Morgan fingerprint density at radius 2 is 1.56 bits per heavy atom. The van der Waals surface area contributed by atoms with Gasteiger partial charge in [0.2, 0.25) is 11.9 Å². The first-order valence-corrected chi connectivity index (χ1v) is 9.58. The zero-order valence-electron chi connectivity index (χ0n) is 18.1. The average Bonchev–Trinajstić information content (AvgIpc) is 2.74. The molecule has 1 aliphatic heterocycles. The van der Waals surface area contributed by atoms with E-state index in [2.05, 4.69) is 0 Å². The monoisotopic (exact) mass is 450 g/mol. The molecule has 10 nitrogen and oxygen atoms in total. The van der Waals surface area contributed by atoms with Crippen LogP contribution in [0.4, 0.5) is 0 Å². The van der Waals surface area contributed by atoms with Gasteiger partial charge in [0.15, 0.2) is 28.6 Å². The van der Waals surface area contributed by atoms with Gasteiger partial charge in [0, 0.05) is 6.42 Å². The van der Waals surface area contributed by atoms with Gasteiger partial charge in [-0.05, 0) is 45.0 Å².